The van der Waals surface area contributed by atoms with Crippen molar-refractivity contribution in [3.05, 3.63) is 22.7 Å². The molecular weight excluding hydrogens is 290 g/mol. The van der Waals surface area contributed by atoms with E-state index >= 15 is 0 Å². The van der Waals surface area contributed by atoms with Crippen LogP contribution < -0.4 is 16.0 Å². The summed E-state index contributed by atoms with van der Waals surface area (Å²) in [6, 6.07) is 3.28. The SMILES string of the molecule is CC1CCCNC1C(=O)Nc1cc2c(cc1Cl)NC(=O)C2. The number of piperidine rings is 1. The lowest BCUT2D eigenvalue weighted by Gasteiger charge is -2.29. The third kappa shape index (κ3) is 2.89. The van der Waals surface area contributed by atoms with Crippen LogP contribution in [-0.2, 0) is 16.0 Å². The van der Waals surface area contributed by atoms with Gasteiger partial charge in [-0.3, -0.25) is 9.59 Å². The molecule has 3 rings (SSSR count). The van der Waals surface area contributed by atoms with E-state index in [0.717, 1.165) is 30.6 Å². The van der Waals surface area contributed by atoms with Gasteiger partial charge in [-0.05, 0) is 43.0 Å². The zero-order chi connectivity index (χ0) is 15.0. The fourth-order valence-corrected chi connectivity index (χ4v) is 3.17. The average molecular weight is 308 g/mol. The summed E-state index contributed by atoms with van der Waals surface area (Å²) in [7, 11) is 0. The second kappa shape index (κ2) is 5.66. The molecule has 1 aromatic rings. The number of hydrogen-bond donors (Lipinski definition) is 3. The Morgan fingerprint density at radius 2 is 2.24 bits per heavy atom. The molecule has 2 aliphatic heterocycles. The van der Waals surface area contributed by atoms with Crippen LogP contribution in [0.15, 0.2) is 12.1 Å². The minimum absolute atomic E-state index is 0.0490. The van der Waals surface area contributed by atoms with E-state index in [2.05, 4.69) is 22.9 Å². The van der Waals surface area contributed by atoms with Gasteiger partial charge in [0.05, 0.1) is 23.2 Å². The molecule has 6 heteroatoms. The van der Waals surface area contributed by atoms with Crippen molar-refractivity contribution < 1.29 is 9.59 Å². The summed E-state index contributed by atoms with van der Waals surface area (Å²) in [6.07, 6.45) is 2.47. The number of hydrogen-bond acceptors (Lipinski definition) is 3. The molecule has 0 saturated carbocycles. The third-order valence-electron chi connectivity index (χ3n) is 4.13. The topological polar surface area (TPSA) is 70.2 Å². The van der Waals surface area contributed by atoms with Crippen molar-refractivity contribution in [2.45, 2.75) is 32.2 Å². The lowest BCUT2D eigenvalue weighted by molar-refractivity contribution is -0.119. The second-order valence-corrected chi connectivity index (χ2v) is 6.16. The third-order valence-corrected chi connectivity index (χ3v) is 4.44. The highest BCUT2D eigenvalue weighted by atomic mass is 35.5. The van der Waals surface area contributed by atoms with Gasteiger partial charge in [0.1, 0.15) is 0 Å². The highest BCUT2D eigenvalue weighted by Gasteiger charge is 2.28. The molecule has 2 atom stereocenters. The van der Waals surface area contributed by atoms with Crippen LogP contribution in [0.4, 0.5) is 11.4 Å². The minimum Gasteiger partial charge on any atom is -0.325 e. The zero-order valence-electron chi connectivity index (χ0n) is 11.8. The van der Waals surface area contributed by atoms with Crippen LogP contribution in [0.3, 0.4) is 0 Å². The van der Waals surface area contributed by atoms with E-state index in [4.69, 9.17) is 11.6 Å². The summed E-state index contributed by atoms with van der Waals surface area (Å²) in [5.41, 5.74) is 2.16. The van der Waals surface area contributed by atoms with Crippen LogP contribution in [0.5, 0.6) is 0 Å². The Balaban J connectivity index is 1.77. The molecule has 3 N–H and O–H groups in total. The van der Waals surface area contributed by atoms with E-state index in [1.807, 2.05) is 0 Å². The number of anilines is 2. The molecule has 2 amide bonds. The lowest BCUT2D eigenvalue weighted by atomic mass is 9.92. The summed E-state index contributed by atoms with van der Waals surface area (Å²) < 4.78 is 0. The van der Waals surface area contributed by atoms with Gasteiger partial charge in [0.15, 0.2) is 0 Å². The Bertz CT molecular complexity index is 603. The Morgan fingerprint density at radius 3 is 3.00 bits per heavy atom. The minimum atomic E-state index is -0.192. The van der Waals surface area contributed by atoms with Crippen molar-refractivity contribution >= 4 is 34.8 Å². The Labute approximate surface area is 128 Å². The van der Waals surface area contributed by atoms with Crippen LogP contribution in [0, 0.1) is 5.92 Å². The van der Waals surface area contributed by atoms with Gasteiger partial charge in [-0.15, -0.1) is 0 Å². The first-order chi connectivity index (χ1) is 10.0. The first kappa shape index (κ1) is 14.4. The fraction of sp³-hybridized carbons (Fsp3) is 0.467. The summed E-state index contributed by atoms with van der Waals surface area (Å²) in [4.78, 5) is 23.8. The standard InChI is InChI=1S/C15H18ClN3O2/c1-8-3-2-4-17-14(8)15(21)19-12-5-9-6-13(20)18-11(9)7-10(12)16/h5,7-8,14,17H,2-4,6H2,1H3,(H,18,20)(H,19,21). The van der Waals surface area contributed by atoms with Crippen molar-refractivity contribution in [3.8, 4) is 0 Å². The quantitative estimate of drug-likeness (QED) is 0.784. The summed E-state index contributed by atoms with van der Waals surface area (Å²) in [5, 5.41) is 9.31. The van der Waals surface area contributed by atoms with Crippen LogP contribution in [-0.4, -0.2) is 24.4 Å². The first-order valence-corrected chi connectivity index (χ1v) is 7.59. The van der Waals surface area contributed by atoms with E-state index in [1.165, 1.54) is 0 Å². The van der Waals surface area contributed by atoms with Gasteiger partial charge in [0.25, 0.3) is 0 Å². The smallest absolute Gasteiger partial charge is 0.241 e. The fourth-order valence-electron chi connectivity index (χ4n) is 2.95. The molecule has 0 spiro atoms. The number of carbonyl (C=O) groups is 2. The molecule has 2 unspecified atom stereocenters. The number of halogens is 1. The van der Waals surface area contributed by atoms with E-state index in [0.29, 0.717) is 23.0 Å². The van der Waals surface area contributed by atoms with Crippen LogP contribution in [0.1, 0.15) is 25.3 Å². The van der Waals surface area contributed by atoms with Gasteiger partial charge >= 0.3 is 0 Å². The maximum Gasteiger partial charge on any atom is 0.241 e. The number of nitrogens with one attached hydrogen (secondary N) is 3. The molecule has 0 aromatic heterocycles. The van der Waals surface area contributed by atoms with Crippen LogP contribution in [0.2, 0.25) is 5.02 Å². The number of carbonyl (C=O) groups excluding carboxylic acids is 2. The maximum atomic E-state index is 12.4. The van der Waals surface area contributed by atoms with Crippen molar-refractivity contribution in [1.29, 1.82) is 0 Å². The predicted octanol–water partition coefficient (Wildman–Crippen LogP) is 2.16. The summed E-state index contributed by atoms with van der Waals surface area (Å²) in [5.74, 6) is 0.184. The monoisotopic (exact) mass is 307 g/mol. The number of amides is 2. The first-order valence-electron chi connectivity index (χ1n) is 7.21. The highest BCUT2D eigenvalue weighted by molar-refractivity contribution is 6.34. The van der Waals surface area contributed by atoms with Gasteiger partial charge in [-0.25, -0.2) is 0 Å². The molecule has 1 saturated heterocycles. The predicted molar refractivity (Wildman–Crippen MR) is 82.6 cm³/mol. The molecule has 0 radical (unpaired) electrons. The van der Waals surface area contributed by atoms with Crippen molar-refractivity contribution in [2.75, 3.05) is 17.2 Å². The Hall–Kier alpha value is -1.59. The highest BCUT2D eigenvalue weighted by Crippen LogP contribution is 2.33. The van der Waals surface area contributed by atoms with E-state index in [1.54, 1.807) is 12.1 Å². The van der Waals surface area contributed by atoms with E-state index < -0.39 is 0 Å². The second-order valence-electron chi connectivity index (χ2n) is 5.75. The summed E-state index contributed by atoms with van der Waals surface area (Å²) >= 11 is 6.19. The van der Waals surface area contributed by atoms with Crippen LogP contribution >= 0.6 is 11.6 Å². The molecule has 2 aliphatic rings. The van der Waals surface area contributed by atoms with Gasteiger partial charge in [0.2, 0.25) is 11.8 Å². The van der Waals surface area contributed by atoms with Crippen LogP contribution in [0.25, 0.3) is 0 Å². The zero-order valence-corrected chi connectivity index (χ0v) is 12.6. The largest absolute Gasteiger partial charge is 0.325 e. The molecule has 1 aromatic carbocycles. The van der Waals surface area contributed by atoms with E-state index in [9.17, 15) is 9.59 Å². The molecule has 21 heavy (non-hydrogen) atoms. The molecule has 5 nitrogen and oxygen atoms in total. The molecule has 1 fully saturated rings. The molecule has 112 valence electrons. The lowest BCUT2D eigenvalue weighted by Crippen LogP contribution is -2.48. The molecular formula is C15H18ClN3O2. The molecule has 0 aliphatic carbocycles. The average Bonchev–Trinajstić information content (AvgIpc) is 2.78. The molecule has 0 bridgehead atoms. The number of benzene rings is 1. The van der Waals surface area contributed by atoms with Gasteiger partial charge < -0.3 is 16.0 Å². The normalized spacial score (nSPS) is 24.4. The van der Waals surface area contributed by atoms with E-state index in [-0.39, 0.29) is 17.9 Å². The van der Waals surface area contributed by atoms with Gasteiger partial charge in [-0.1, -0.05) is 18.5 Å². The van der Waals surface area contributed by atoms with Crippen molar-refractivity contribution in [2.24, 2.45) is 5.92 Å². The maximum absolute atomic E-state index is 12.4. The number of fused-ring (bicyclic) bond motifs is 1. The number of rotatable bonds is 2. The Kier molecular flexibility index (Phi) is 3.87. The molecule has 2 heterocycles. The van der Waals surface area contributed by atoms with Gasteiger partial charge in [-0.2, -0.15) is 0 Å². The Morgan fingerprint density at radius 1 is 1.43 bits per heavy atom. The van der Waals surface area contributed by atoms with Crippen molar-refractivity contribution in [3.63, 3.8) is 0 Å². The summed E-state index contributed by atoms with van der Waals surface area (Å²) in [6.45, 7) is 2.93. The van der Waals surface area contributed by atoms with Gasteiger partial charge in [0, 0.05) is 5.69 Å². The van der Waals surface area contributed by atoms with Crippen molar-refractivity contribution in [1.82, 2.24) is 5.32 Å².